The van der Waals surface area contributed by atoms with E-state index in [1.165, 1.54) is 11.8 Å². The fraction of sp³-hybridized carbons (Fsp3) is 0.375. The van der Waals surface area contributed by atoms with Crippen LogP contribution < -0.4 is 0 Å². The normalized spacial score (nSPS) is 13.2. The predicted molar refractivity (Wildman–Crippen MR) is 96.8 cm³/mol. The molecule has 0 unspecified atom stereocenters. The summed E-state index contributed by atoms with van der Waals surface area (Å²) in [6, 6.07) is 7.88. The third kappa shape index (κ3) is 3.70. The molecule has 1 aromatic carbocycles. The summed E-state index contributed by atoms with van der Waals surface area (Å²) in [6.45, 7) is 8.16. The van der Waals surface area contributed by atoms with Gasteiger partial charge in [0.05, 0.1) is 5.25 Å². The maximum Gasteiger partial charge on any atom is 0.239 e. The Bertz CT molecular complexity index is 839. The van der Waals surface area contributed by atoms with Gasteiger partial charge in [0, 0.05) is 15.5 Å². The third-order valence-electron chi connectivity index (χ3n) is 3.34. The molecule has 0 aliphatic rings. The first-order valence-corrected chi connectivity index (χ1v) is 9.20. The fourth-order valence-corrected chi connectivity index (χ4v) is 3.21. The number of aromatic amines is 1. The van der Waals surface area contributed by atoms with Gasteiger partial charge < -0.3 is 4.52 Å². The zero-order valence-electron chi connectivity index (χ0n) is 13.9. The van der Waals surface area contributed by atoms with Gasteiger partial charge in [-0.3, -0.25) is 5.10 Å². The fourth-order valence-electron chi connectivity index (χ4n) is 1.99. The summed E-state index contributed by atoms with van der Waals surface area (Å²) in [5.74, 6) is 2.00. The predicted octanol–water partition coefficient (Wildman–Crippen LogP) is 4.77. The lowest BCUT2D eigenvalue weighted by Crippen LogP contribution is -2.13. The van der Waals surface area contributed by atoms with Crippen LogP contribution in [0.5, 0.6) is 0 Å². The molecule has 0 aliphatic heterocycles. The van der Waals surface area contributed by atoms with Crippen molar-refractivity contribution >= 4 is 27.7 Å². The van der Waals surface area contributed by atoms with Gasteiger partial charge in [0.1, 0.15) is 0 Å². The first kappa shape index (κ1) is 17.2. The molecule has 8 heteroatoms. The van der Waals surface area contributed by atoms with Gasteiger partial charge in [-0.2, -0.15) is 4.98 Å². The van der Waals surface area contributed by atoms with Crippen molar-refractivity contribution in [3.63, 3.8) is 0 Å². The largest absolute Gasteiger partial charge is 0.338 e. The van der Waals surface area contributed by atoms with E-state index in [1.807, 2.05) is 31.2 Å². The zero-order chi connectivity index (χ0) is 17.3. The molecule has 0 aliphatic carbocycles. The number of hydrogen-bond acceptors (Lipinski definition) is 6. The number of hydrogen-bond donors (Lipinski definition) is 1. The monoisotopic (exact) mass is 407 g/mol. The van der Waals surface area contributed by atoms with Crippen molar-refractivity contribution in [1.29, 1.82) is 0 Å². The van der Waals surface area contributed by atoms with E-state index in [4.69, 9.17) is 4.52 Å². The number of aromatic nitrogens is 5. The number of halogens is 1. The topological polar surface area (TPSA) is 80.5 Å². The molecule has 0 spiro atoms. The van der Waals surface area contributed by atoms with Crippen molar-refractivity contribution in [3.05, 3.63) is 40.5 Å². The second kappa shape index (κ2) is 6.68. The summed E-state index contributed by atoms with van der Waals surface area (Å²) >= 11 is 5.00. The molecule has 3 rings (SSSR count). The minimum atomic E-state index is -0.135. The molecule has 126 valence electrons. The van der Waals surface area contributed by atoms with Gasteiger partial charge in [-0.15, -0.1) is 5.10 Å². The van der Waals surface area contributed by atoms with Crippen LogP contribution in [-0.2, 0) is 5.41 Å². The Hall–Kier alpha value is -1.67. The van der Waals surface area contributed by atoms with Crippen LogP contribution in [-0.4, -0.2) is 25.3 Å². The zero-order valence-corrected chi connectivity index (χ0v) is 16.3. The smallest absolute Gasteiger partial charge is 0.239 e. The highest BCUT2D eigenvalue weighted by atomic mass is 79.9. The van der Waals surface area contributed by atoms with E-state index in [2.05, 4.69) is 62.0 Å². The van der Waals surface area contributed by atoms with Crippen LogP contribution in [0, 0.1) is 0 Å². The molecular formula is C16H18BrN5OS. The van der Waals surface area contributed by atoms with Crippen LogP contribution in [0.1, 0.15) is 44.7 Å². The van der Waals surface area contributed by atoms with E-state index in [0.717, 1.165) is 15.9 Å². The third-order valence-corrected chi connectivity index (χ3v) is 4.98. The molecule has 0 fully saturated rings. The molecule has 0 saturated heterocycles. The number of rotatable bonds is 4. The van der Waals surface area contributed by atoms with E-state index in [9.17, 15) is 0 Å². The number of benzene rings is 1. The molecule has 3 aromatic rings. The standard InChI is InChI=1S/C16H18BrN5OS/c1-9(13-19-14(22-23-13)16(2,3)4)24-15-18-12(20-21-15)10-7-5-6-8-11(10)17/h5-9H,1-4H3,(H,18,20,21)/t9-/m0/s1. The summed E-state index contributed by atoms with van der Waals surface area (Å²) in [5.41, 5.74) is 0.834. The van der Waals surface area contributed by atoms with Crippen LogP contribution in [0.4, 0.5) is 0 Å². The van der Waals surface area contributed by atoms with Crippen molar-refractivity contribution in [3.8, 4) is 11.4 Å². The lowest BCUT2D eigenvalue weighted by atomic mass is 9.96. The van der Waals surface area contributed by atoms with Crippen LogP contribution in [0.3, 0.4) is 0 Å². The van der Waals surface area contributed by atoms with E-state index in [0.29, 0.717) is 16.9 Å². The van der Waals surface area contributed by atoms with Crippen LogP contribution in [0.25, 0.3) is 11.4 Å². The van der Waals surface area contributed by atoms with Crippen molar-refractivity contribution in [2.24, 2.45) is 0 Å². The van der Waals surface area contributed by atoms with Gasteiger partial charge in [-0.25, -0.2) is 4.98 Å². The second-order valence-electron chi connectivity index (χ2n) is 6.41. The maximum absolute atomic E-state index is 5.38. The minimum absolute atomic E-state index is 0.0311. The van der Waals surface area contributed by atoms with Gasteiger partial charge in [0.25, 0.3) is 0 Å². The van der Waals surface area contributed by atoms with E-state index >= 15 is 0 Å². The van der Waals surface area contributed by atoms with Crippen LogP contribution in [0.15, 0.2) is 38.4 Å². The lowest BCUT2D eigenvalue weighted by Gasteiger charge is -2.11. The Morgan fingerprint density at radius 1 is 1.21 bits per heavy atom. The summed E-state index contributed by atoms with van der Waals surface area (Å²) in [7, 11) is 0. The van der Waals surface area contributed by atoms with Gasteiger partial charge in [0.15, 0.2) is 11.6 Å². The molecule has 0 saturated carbocycles. The molecule has 1 N–H and O–H groups in total. The number of H-pyrrole nitrogens is 1. The maximum atomic E-state index is 5.38. The summed E-state index contributed by atoms with van der Waals surface area (Å²) < 4.78 is 6.35. The molecule has 2 aromatic heterocycles. The van der Waals surface area contributed by atoms with Gasteiger partial charge >= 0.3 is 0 Å². The van der Waals surface area contributed by atoms with E-state index < -0.39 is 0 Å². The summed E-state index contributed by atoms with van der Waals surface area (Å²) in [5, 5.41) is 11.9. The van der Waals surface area contributed by atoms with Crippen LogP contribution >= 0.6 is 27.7 Å². The minimum Gasteiger partial charge on any atom is -0.338 e. The van der Waals surface area contributed by atoms with E-state index in [-0.39, 0.29) is 10.7 Å². The quantitative estimate of drug-likeness (QED) is 0.627. The first-order valence-electron chi connectivity index (χ1n) is 7.52. The van der Waals surface area contributed by atoms with Crippen molar-refractivity contribution in [2.75, 3.05) is 0 Å². The van der Waals surface area contributed by atoms with Crippen molar-refractivity contribution < 1.29 is 4.52 Å². The lowest BCUT2D eigenvalue weighted by molar-refractivity contribution is 0.364. The second-order valence-corrected chi connectivity index (χ2v) is 8.58. The number of thioether (sulfide) groups is 1. The average molecular weight is 408 g/mol. The molecular weight excluding hydrogens is 390 g/mol. The van der Waals surface area contributed by atoms with Crippen LogP contribution in [0.2, 0.25) is 0 Å². The highest BCUT2D eigenvalue weighted by Gasteiger charge is 2.24. The molecule has 1 atom stereocenters. The highest BCUT2D eigenvalue weighted by Crippen LogP contribution is 2.34. The Kier molecular flexibility index (Phi) is 4.78. The Morgan fingerprint density at radius 3 is 2.62 bits per heavy atom. The molecule has 0 radical (unpaired) electrons. The Morgan fingerprint density at radius 2 is 1.96 bits per heavy atom. The molecule has 24 heavy (non-hydrogen) atoms. The van der Waals surface area contributed by atoms with Gasteiger partial charge in [-0.1, -0.05) is 71.8 Å². The van der Waals surface area contributed by atoms with Crippen molar-refractivity contribution in [2.45, 2.75) is 43.5 Å². The Labute approximate surface area is 153 Å². The van der Waals surface area contributed by atoms with Crippen molar-refractivity contribution in [1.82, 2.24) is 25.3 Å². The summed E-state index contributed by atoms with van der Waals surface area (Å²) in [6.07, 6.45) is 0. The molecule has 2 heterocycles. The summed E-state index contributed by atoms with van der Waals surface area (Å²) in [4.78, 5) is 9.02. The Balaban J connectivity index is 1.75. The van der Waals surface area contributed by atoms with Gasteiger partial charge in [-0.05, 0) is 13.0 Å². The molecule has 0 amide bonds. The average Bonchev–Trinajstić information content (AvgIpc) is 3.16. The molecule has 6 nitrogen and oxygen atoms in total. The highest BCUT2D eigenvalue weighted by molar-refractivity contribution is 9.10. The number of nitrogens with zero attached hydrogens (tertiary/aromatic N) is 4. The van der Waals surface area contributed by atoms with Gasteiger partial charge in [0.2, 0.25) is 11.0 Å². The number of nitrogens with one attached hydrogen (secondary N) is 1. The molecule has 0 bridgehead atoms. The first-order chi connectivity index (χ1) is 11.3. The SMILES string of the molecule is C[C@H](Sc1n[nH]c(-c2ccccc2Br)n1)c1nc(C(C)(C)C)no1. The van der Waals surface area contributed by atoms with E-state index in [1.54, 1.807) is 0 Å².